The van der Waals surface area contributed by atoms with E-state index >= 15 is 0 Å². The second-order valence-electron chi connectivity index (χ2n) is 14.3. The van der Waals surface area contributed by atoms with Gasteiger partial charge in [0.2, 0.25) is 0 Å². The van der Waals surface area contributed by atoms with Gasteiger partial charge in [-0.25, -0.2) is 15.0 Å². The third-order valence-corrected chi connectivity index (χ3v) is 11.1. The van der Waals surface area contributed by atoms with Gasteiger partial charge in [-0.15, -0.1) is 0 Å². The van der Waals surface area contributed by atoms with Crippen LogP contribution in [-0.4, -0.2) is 15.0 Å². The molecule has 1 aliphatic heterocycles. The Kier molecular flexibility index (Phi) is 7.64. The number of nitrogens with zero attached hydrogens (tertiary/aromatic N) is 3. The van der Waals surface area contributed by atoms with Crippen molar-refractivity contribution in [2.24, 2.45) is 0 Å². The molecule has 0 saturated carbocycles. The van der Waals surface area contributed by atoms with Crippen molar-refractivity contribution in [3.05, 3.63) is 222 Å². The molecule has 0 unspecified atom stereocenters. The lowest BCUT2D eigenvalue weighted by Crippen LogP contribution is -2.28. The van der Waals surface area contributed by atoms with Crippen LogP contribution in [0.15, 0.2) is 200 Å². The molecule has 0 spiro atoms. The fourth-order valence-electron chi connectivity index (χ4n) is 8.54. The second kappa shape index (κ2) is 13.3. The minimum atomic E-state index is -0.552. The largest absolute Gasteiger partial charge is 0.449 e. The minimum Gasteiger partial charge on any atom is -0.449 e. The molecule has 2 heterocycles. The fourth-order valence-corrected chi connectivity index (χ4v) is 8.54. The molecule has 5 nitrogen and oxygen atoms in total. The van der Waals surface area contributed by atoms with Crippen LogP contribution in [0.5, 0.6) is 23.0 Å². The molecule has 2 aliphatic rings. The van der Waals surface area contributed by atoms with Crippen LogP contribution < -0.4 is 9.47 Å². The zero-order valence-corrected chi connectivity index (χ0v) is 30.7. The SMILES string of the molecule is c1ccc(-c2ccc(-c3nc(-c4ccccc4)nc(-c4cccc5c4Oc4ccc6c(c4O5)-c4ccccc4C6(c4ccccc4)c4ccccc4)n3)cc2)cc1. The summed E-state index contributed by atoms with van der Waals surface area (Å²) in [5.41, 5.74) is 11.1. The summed E-state index contributed by atoms with van der Waals surface area (Å²) < 4.78 is 13.9. The van der Waals surface area contributed by atoms with E-state index in [0.717, 1.165) is 38.9 Å². The number of hydrogen-bond acceptors (Lipinski definition) is 5. The molecule has 1 aliphatic carbocycles. The molecule has 268 valence electrons. The van der Waals surface area contributed by atoms with Gasteiger partial charge >= 0.3 is 0 Å². The van der Waals surface area contributed by atoms with Crippen LogP contribution in [0.4, 0.5) is 0 Å². The second-order valence-corrected chi connectivity index (χ2v) is 14.3. The van der Waals surface area contributed by atoms with Crippen LogP contribution >= 0.6 is 0 Å². The fraction of sp³-hybridized carbons (Fsp3) is 0.0192. The van der Waals surface area contributed by atoms with Gasteiger partial charge in [0.1, 0.15) is 0 Å². The Bertz CT molecular complexity index is 2890. The molecule has 11 rings (SSSR count). The van der Waals surface area contributed by atoms with E-state index in [1.54, 1.807) is 0 Å². The van der Waals surface area contributed by atoms with E-state index in [9.17, 15) is 0 Å². The highest BCUT2D eigenvalue weighted by Gasteiger charge is 2.48. The molecule has 0 fully saturated rings. The van der Waals surface area contributed by atoms with Gasteiger partial charge in [-0.05, 0) is 57.1 Å². The maximum atomic E-state index is 6.99. The van der Waals surface area contributed by atoms with Crippen LogP contribution in [-0.2, 0) is 5.41 Å². The molecule has 9 aromatic rings. The molecule has 0 atom stereocenters. The average molecular weight is 732 g/mol. The molecular formula is C52H33N3O2. The van der Waals surface area contributed by atoms with Gasteiger partial charge in [-0.1, -0.05) is 182 Å². The van der Waals surface area contributed by atoms with Crippen LogP contribution in [0.25, 0.3) is 56.4 Å². The van der Waals surface area contributed by atoms with E-state index < -0.39 is 5.41 Å². The molecule has 8 aromatic carbocycles. The highest BCUT2D eigenvalue weighted by Crippen LogP contribution is 2.62. The lowest BCUT2D eigenvalue weighted by atomic mass is 9.68. The monoisotopic (exact) mass is 731 g/mol. The van der Waals surface area contributed by atoms with Gasteiger partial charge in [0.05, 0.1) is 11.0 Å². The van der Waals surface area contributed by atoms with E-state index in [4.69, 9.17) is 24.4 Å². The zero-order chi connectivity index (χ0) is 37.8. The number of para-hydroxylation sites is 1. The number of fused-ring (bicyclic) bond motifs is 6. The number of benzene rings is 8. The Morgan fingerprint density at radius 1 is 0.316 bits per heavy atom. The van der Waals surface area contributed by atoms with Crippen molar-refractivity contribution in [3.8, 4) is 79.4 Å². The normalized spacial score (nSPS) is 13.0. The first-order valence-electron chi connectivity index (χ1n) is 19.1. The lowest BCUT2D eigenvalue weighted by molar-refractivity contribution is 0.361. The average Bonchev–Trinajstić information content (AvgIpc) is 3.61. The summed E-state index contributed by atoms with van der Waals surface area (Å²) in [7, 11) is 0. The van der Waals surface area contributed by atoms with Crippen molar-refractivity contribution in [2.45, 2.75) is 5.41 Å². The Morgan fingerprint density at radius 3 is 1.46 bits per heavy atom. The van der Waals surface area contributed by atoms with E-state index in [1.807, 2.05) is 72.8 Å². The first-order valence-corrected chi connectivity index (χ1v) is 19.1. The van der Waals surface area contributed by atoms with Gasteiger partial charge in [0.25, 0.3) is 0 Å². The van der Waals surface area contributed by atoms with Crippen molar-refractivity contribution in [1.29, 1.82) is 0 Å². The summed E-state index contributed by atoms with van der Waals surface area (Å²) >= 11 is 0. The van der Waals surface area contributed by atoms with Crippen LogP contribution in [0.1, 0.15) is 22.3 Å². The number of aromatic nitrogens is 3. The van der Waals surface area contributed by atoms with E-state index in [1.165, 1.54) is 16.7 Å². The molecule has 0 bridgehead atoms. The summed E-state index contributed by atoms with van der Waals surface area (Å²) in [6.45, 7) is 0. The highest BCUT2D eigenvalue weighted by molar-refractivity contribution is 5.92. The number of ether oxygens (including phenoxy) is 2. The predicted octanol–water partition coefficient (Wildman–Crippen LogP) is 12.8. The molecule has 1 aromatic heterocycles. The predicted molar refractivity (Wildman–Crippen MR) is 225 cm³/mol. The molecule has 5 heteroatoms. The Hall–Kier alpha value is -7.63. The van der Waals surface area contributed by atoms with E-state index in [-0.39, 0.29) is 0 Å². The first kappa shape index (κ1) is 32.8. The van der Waals surface area contributed by atoms with Gasteiger partial charge < -0.3 is 9.47 Å². The van der Waals surface area contributed by atoms with Gasteiger partial charge in [-0.3, -0.25) is 0 Å². The van der Waals surface area contributed by atoms with Crippen molar-refractivity contribution in [1.82, 2.24) is 15.0 Å². The summed E-state index contributed by atoms with van der Waals surface area (Å²) in [5.74, 6) is 4.12. The molecule has 0 radical (unpaired) electrons. The van der Waals surface area contributed by atoms with E-state index in [2.05, 4.69) is 127 Å². The summed E-state index contributed by atoms with van der Waals surface area (Å²) in [6.07, 6.45) is 0. The first-order chi connectivity index (χ1) is 28.3. The molecular weight excluding hydrogens is 699 g/mol. The van der Waals surface area contributed by atoms with Crippen molar-refractivity contribution in [2.75, 3.05) is 0 Å². The van der Waals surface area contributed by atoms with Crippen molar-refractivity contribution >= 4 is 0 Å². The summed E-state index contributed by atoms with van der Waals surface area (Å²) in [4.78, 5) is 15.1. The smallest absolute Gasteiger partial charge is 0.181 e. The van der Waals surface area contributed by atoms with E-state index in [0.29, 0.717) is 46.0 Å². The molecule has 0 amide bonds. The topological polar surface area (TPSA) is 57.1 Å². The molecule has 0 saturated heterocycles. The van der Waals surface area contributed by atoms with Crippen molar-refractivity contribution < 1.29 is 9.47 Å². The van der Waals surface area contributed by atoms with Crippen molar-refractivity contribution in [3.63, 3.8) is 0 Å². The number of rotatable bonds is 6. The van der Waals surface area contributed by atoms with Crippen LogP contribution in [0, 0.1) is 0 Å². The highest BCUT2D eigenvalue weighted by atomic mass is 16.6. The standard InChI is InChI=1S/C52H33N3O2/c1-5-16-34(17-6-1)35-28-30-37(31-29-35)50-53-49(36-18-7-2-8-19-36)54-51(55-50)41-25-15-27-44-47(41)56-45-33-32-43-46(48(45)57-44)40-24-13-14-26-42(40)52(43,38-20-9-3-10-21-38)39-22-11-4-12-23-39/h1-33H. The maximum absolute atomic E-state index is 6.99. The van der Waals surface area contributed by atoms with Crippen LogP contribution in [0.2, 0.25) is 0 Å². The molecule has 0 N–H and O–H groups in total. The Morgan fingerprint density at radius 2 is 0.789 bits per heavy atom. The summed E-state index contributed by atoms with van der Waals surface area (Å²) in [6, 6.07) is 69.0. The Balaban J connectivity index is 1.05. The summed E-state index contributed by atoms with van der Waals surface area (Å²) in [5, 5.41) is 0. The molecule has 57 heavy (non-hydrogen) atoms. The quantitative estimate of drug-likeness (QED) is 0.170. The lowest BCUT2D eigenvalue weighted by Gasteiger charge is -2.34. The minimum absolute atomic E-state index is 0.494. The zero-order valence-electron chi connectivity index (χ0n) is 30.7. The Labute approximate surface area is 330 Å². The van der Waals surface area contributed by atoms with Gasteiger partial charge in [0.15, 0.2) is 40.5 Å². The third kappa shape index (κ3) is 5.28. The van der Waals surface area contributed by atoms with Gasteiger partial charge in [0, 0.05) is 16.7 Å². The number of hydrogen-bond donors (Lipinski definition) is 0. The van der Waals surface area contributed by atoms with Gasteiger partial charge in [-0.2, -0.15) is 0 Å². The van der Waals surface area contributed by atoms with Crippen LogP contribution in [0.3, 0.4) is 0 Å². The third-order valence-electron chi connectivity index (χ3n) is 11.1. The maximum Gasteiger partial charge on any atom is 0.181 e.